The number of nitrogens with zero attached hydrogens (tertiary/aromatic N) is 1. The van der Waals surface area contributed by atoms with Crippen molar-refractivity contribution in [3.05, 3.63) is 30.1 Å². The molecule has 1 aliphatic rings. The molecule has 1 aromatic carbocycles. The van der Waals surface area contributed by atoms with E-state index in [4.69, 9.17) is 0 Å². The van der Waals surface area contributed by atoms with Gasteiger partial charge in [0.15, 0.2) is 0 Å². The Balaban J connectivity index is 1.70. The molecule has 1 saturated heterocycles. The molecule has 1 heterocycles. The van der Waals surface area contributed by atoms with E-state index in [2.05, 4.69) is 24.1 Å². The van der Waals surface area contributed by atoms with Crippen LogP contribution >= 0.6 is 0 Å². The van der Waals surface area contributed by atoms with Crippen LogP contribution in [0.25, 0.3) is 0 Å². The summed E-state index contributed by atoms with van der Waals surface area (Å²) in [6.07, 6.45) is 1.32. The second kappa shape index (κ2) is 6.19. The van der Waals surface area contributed by atoms with Crippen molar-refractivity contribution in [3.8, 4) is 0 Å². The maximum Gasteiger partial charge on any atom is 0.125 e. The van der Waals surface area contributed by atoms with Crippen molar-refractivity contribution >= 4 is 5.69 Å². The normalized spacial score (nSPS) is 20.6. The third-order valence-corrected chi connectivity index (χ3v) is 3.83. The lowest BCUT2D eigenvalue weighted by Gasteiger charge is -2.18. The number of halogens is 1. The van der Waals surface area contributed by atoms with Gasteiger partial charge in [-0.2, -0.15) is 0 Å². The molecule has 0 spiro atoms. The van der Waals surface area contributed by atoms with Gasteiger partial charge < -0.3 is 10.2 Å². The highest BCUT2D eigenvalue weighted by atomic mass is 19.1. The molecule has 1 unspecified atom stereocenters. The van der Waals surface area contributed by atoms with Crippen LogP contribution in [0.2, 0.25) is 0 Å². The zero-order chi connectivity index (χ0) is 13.0. The predicted molar refractivity (Wildman–Crippen MR) is 74.3 cm³/mol. The van der Waals surface area contributed by atoms with Gasteiger partial charge in [-0.15, -0.1) is 0 Å². The Hall–Kier alpha value is -1.09. The summed E-state index contributed by atoms with van der Waals surface area (Å²) >= 11 is 0. The first-order valence-corrected chi connectivity index (χ1v) is 6.87. The van der Waals surface area contributed by atoms with Gasteiger partial charge in [0, 0.05) is 25.3 Å². The Morgan fingerprint density at radius 2 is 2.28 bits per heavy atom. The topological polar surface area (TPSA) is 15.3 Å². The van der Waals surface area contributed by atoms with E-state index >= 15 is 0 Å². The molecule has 2 rings (SSSR count). The summed E-state index contributed by atoms with van der Waals surface area (Å²) in [5.41, 5.74) is 0.870. The van der Waals surface area contributed by atoms with Crippen LogP contribution in [0.1, 0.15) is 20.3 Å². The molecule has 1 aromatic rings. The lowest BCUT2D eigenvalue weighted by atomic mass is 9.95. The van der Waals surface area contributed by atoms with Crippen LogP contribution in [-0.2, 0) is 0 Å². The first kappa shape index (κ1) is 13.3. The fraction of sp³-hybridized carbons (Fsp3) is 0.600. The average molecular weight is 250 g/mol. The van der Waals surface area contributed by atoms with Crippen LogP contribution in [-0.4, -0.2) is 31.1 Å². The van der Waals surface area contributed by atoms with Crippen LogP contribution in [0, 0.1) is 17.7 Å². The second-order valence-corrected chi connectivity index (χ2v) is 5.53. The van der Waals surface area contributed by atoms with Gasteiger partial charge in [-0.3, -0.25) is 0 Å². The first-order valence-electron chi connectivity index (χ1n) is 6.87. The smallest absolute Gasteiger partial charge is 0.125 e. The van der Waals surface area contributed by atoms with Gasteiger partial charge in [0.05, 0.1) is 0 Å². The van der Waals surface area contributed by atoms with Crippen molar-refractivity contribution in [1.82, 2.24) is 4.90 Å². The van der Waals surface area contributed by atoms with Crippen LogP contribution in [0.15, 0.2) is 24.3 Å². The maximum absolute atomic E-state index is 13.0. The zero-order valence-electron chi connectivity index (χ0n) is 11.3. The molecule has 0 aliphatic carbocycles. The van der Waals surface area contributed by atoms with Crippen molar-refractivity contribution in [2.24, 2.45) is 11.8 Å². The minimum absolute atomic E-state index is 0.180. The lowest BCUT2D eigenvalue weighted by Crippen LogP contribution is -2.27. The molecule has 3 heteroatoms. The Morgan fingerprint density at radius 1 is 1.44 bits per heavy atom. The lowest BCUT2D eigenvalue weighted by molar-refractivity contribution is 0.313. The van der Waals surface area contributed by atoms with Gasteiger partial charge in [0.1, 0.15) is 5.82 Å². The van der Waals surface area contributed by atoms with E-state index in [0.717, 1.165) is 30.6 Å². The molecule has 0 amide bonds. The molecule has 1 N–H and O–H groups in total. The van der Waals surface area contributed by atoms with E-state index in [1.165, 1.54) is 25.6 Å². The average Bonchev–Trinajstić information content (AvgIpc) is 2.78. The molecule has 100 valence electrons. The standard InChI is InChI=1S/C15H23FN2/c1-12(2)13-6-8-18(11-13)9-7-17-15-5-3-4-14(16)10-15/h3-5,10,12-13,17H,6-9,11H2,1-2H3. The van der Waals surface area contributed by atoms with Gasteiger partial charge in [-0.1, -0.05) is 19.9 Å². The quantitative estimate of drug-likeness (QED) is 0.863. The summed E-state index contributed by atoms with van der Waals surface area (Å²) in [5.74, 6) is 1.45. The van der Waals surface area contributed by atoms with E-state index in [1.807, 2.05) is 6.07 Å². The molecule has 2 nitrogen and oxygen atoms in total. The zero-order valence-corrected chi connectivity index (χ0v) is 11.3. The number of nitrogens with one attached hydrogen (secondary N) is 1. The second-order valence-electron chi connectivity index (χ2n) is 5.53. The maximum atomic E-state index is 13.0. The molecule has 1 fully saturated rings. The van der Waals surface area contributed by atoms with Crippen LogP contribution in [0.4, 0.5) is 10.1 Å². The summed E-state index contributed by atoms with van der Waals surface area (Å²) in [5, 5.41) is 3.27. The third-order valence-electron chi connectivity index (χ3n) is 3.83. The molecule has 18 heavy (non-hydrogen) atoms. The van der Waals surface area contributed by atoms with Crippen molar-refractivity contribution < 1.29 is 4.39 Å². The summed E-state index contributed by atoms with van der Waals surface area (Å²) < 4.78 is 13.0. The van der Waals surface area contributed by atoms with E-state index in [9.17, 15) is 4.39 Å². The molecule has 0 saturated carbocycles. The molecule has 1 aliphatic heterocycles. The molecular formula is C15H23FN2. The van der Waals surface area contributed by atoms with Crippen LogP contribution < -0.4 is 5.32 Å². The Bertz CT molecular complexity index is 379. The van der Waals surface area contributed by atoms with Crippen molar-refractivity contribution in [1.29, 1.82) is 0 Å². The molecular weight excluding hydrogens is 227 g/mol. The van der Waals surface area contributed by atoms with Crippen LogP contribution in [0.5, 0.6) is 0 Å². The van der Waals surface area contributed by atoms with Crippen molar-refractivity contribution in [2.75, 3.05) is 31.5 Å². The number of rotatable bonds is 5. The molecule has 0 bridgehead atoms. The van der Waals surface area contributed by atoms with Gasteiger partial charge in [-0.05, 0) is 43.0 Å². The Kier molecular flexibility index (Phi) is 4.59. The highest BCUT2D eigenvalue weighted by Gasteiger charge is 2.23. The van der Waals surface area contributed by atoms with Crippen LogP contribution in [0.3, 0.4) is 0 Å². The minimum atomic E-state index is -0.180. The number of hydrogen-bond donors (Lipinski definition) is 1. The van der Waals surface area contributed by atoms with Gasteiger partial charge >= 0.3 is 0 Å². The number of benzene rings is 1. The summed E-state index contributed by atoms with van der Waals surface area (Å²) in [6.45, 7) is 8.95. The van der Waals surface area contributed by atoms with Gasteiger partial charge in [-0.25, -0.2) is 4.39 Å². The highest BCUT2D eigenvalue weighted by Crippen LogP contribution is 2.23. The monoisotopic (exact) mass is 250 g/mol. The molecule has 0 aromatic heterocycles. The van der Waals surface area contributed by atoms with E-state index in [-0.39, 0.29) is 5.82 Å². The predicted octanol–water partition coefficient (Wildman–Crippen LogP) is 3.22. The number of anilines is 1. The van der Waals surface area contributed by atoms with Crippen molar-refractivity contribution in [2.45, 2.75) is 20.3 Å². The Labute approximate surface area is 109 Å². The van der Waals surface area contributed by atoms with E-state index < -0.39 is 0 Å². The van der Waals surface area contributed by atoms with Crippen molar-refractivity contribution in [3.63, 3.8) is 0 Å². The number of likely N-dealkylation sites (tertiary alicyclic amines) is 1. The summed E-state index contributed by atoms with van der Waals surface area (Å²) in [6, 6.07) is 6.66. The van der Waals surface area contributed by atoms with E-state index in [1.54, 1.807) is 12.1 Å². The fourth-order valence-corrected chi connectivity index (χ4v) is 2.57. The number of hydrogen-bond acceptors (Lipinski definition) is 2. The third kappa shape index (κ3) is 3.70. The van der Waals surface area contributed by atoms with E-state index in [0.29, 0.717) is 0 Å². The minimum Gasteiger partial charge on any atom is -0.384 e. The largest absolute Gasteiger partial charge is 0.384 e. The van der Waals surface area contributed by atoms with Gasteiger partial charge in [0.2, 0.25) is 0 Å². The Morgan fingerprint density at radius 3 is 2.94 bits per heavy atom. The highest BCUT2D eigenvalue weighted by molar-refractivity contribution is 5.42. The summed E-state index contributed by atoms with van der Waals surface area (Å²) in [7, 11) is 0. The first-order chi connectivity index (χ1) is 8.65. The molecule has 0 radical (unpaired) electrons. The summed E-state index contributed by atoms with van der Waals surface area (Å²) in [4.78, 5) is 2.50. The van der Waals surface area contributed by atoms with Gasteiger partial charge in [0.25, 0.3) is 0 Å². The molecule has 1 atom stereocenters. The fourth-order valence-electron chi connectivity index (χ4n) is 2.57. The SMILES string of the molecule is CC(C)C1CCN(CCNc2cccc(F)c2)C1.